The van der Waals surface area contributed by atoms with Gasteiger partial charge in [-0.05, 0) is 19.1 Å². The Balaban J connectivity index is 1.80. The van der Waals surface area contributed by atoms with Gasteiger partial charge in [-0.1, -0.05) is 0 Å². The largest absolute Gasteiger partial charge is 0.490 e. The van der Waals surface area contributed by atoms with Gasteiger partial charge in [0.1, 0.15) is 5.82 Å². The molecular formula is C16H19N3O2. The first-order valence-electron chi connectivity index (χ1n) is 7.51. The fourth-order valence-electron chi connectivity index (χ4n) is 3.08. The van der Waals surface area contributed by atoms with Crippen molar-refractivity contribution in [1.82, 2.24) is 14.9 Å². The maximum atomic E-state index is 5.80. The van der Waals surface area contributed by atoms with Gasteiger partial charge in [-0.3, -0.25) is 0 Å². The molecule has 0 atom stereocenters. The normalized spacial score (nSPS) is 17.2. The summed E-state index contributed by atoms with van der Waals surface area (Å²) in [5.41, 5.74) is 3.57. The number of hydrogen-bond acceptors (Lipinski definition) is 4. The molecule has 0 saturated heterocycles. The van der Waals surface area contributed by atoms with E-state index in [1.165, 1.54) is 5.69 Å². The highest BCUT2D eigenvalue weighted by molar-refractivity contribution is 5.51. The lowest BCUT2D eigenvalue weighted by Crippen LogP contribution is -2.24. The van der Waals surface area contributed by atoms with Crippen molar-refractivity contribution in [3.05, 3.63) is 35.4 Å². The predicted molar refractivity (Wildman–Crippen MR) is 79.3 cm³/mol. The molecule has 5 nitrogen and oxygen atoms in total. The first-order valence-corrected chi connectivity index (χ1v) is 7.51. The van der Waals surface area contributed by atoms with Gasteiger partial charge in [-0.2, -0.15) is 0 Å². The van der Waals surface area contributed by atoms with Crippen LogP contribution in [0.3, 0.4) is 0 Å². The van der Waals surface area contributed by atoms with Crippen molar-refractivity contribution >= 4 is 0 Å². The average Bonchev–Trinajstić information content (AvgIpc) is 2.68. The molecule has 2 aromatic rings. The molecule has 1 aromatic carbocycles. The Morgan fingerprint density at radius 1 is 1.19 bits per heavy atom. The standard InChI is InChI=1S/C16H19N3O2/c1-11-18-13-10-17-6-5-14(13)19(11)12-3-4-15-16(9-12)21-8-2-7-20-15/h3-4,9,17H,2,5-8,10H2,1H3. The first-order chi connectivity index (χ1) is 10.3. The monoisotopic (exact) mass is 285 g/mol. The summed E-state index contributed by atoms with van der Waals surface area (Å²) in [7, 11) is 0. The van der Waals surface area contributed by atoms with Gasteiger partial charge < -0.3 is 19.4 Å². The van der Waals surface area contributed by atoms with Crippen LogP contribution in [0.4, 0.5) is 0 Å². The van der Waals surface area contributed by atoms with Gasteiger partial charge in [0, 0.05) is 37.7 Å². The zero-order chi connectivity index (χ0) is 14.2. The Morgan fingerprint density at radius 2 is 2.05 bits per heavy atom. The fourth-order valence-corrected chi connectivity index (χ4v) is 3.08. The topological polar surface area (TPSA) is 48.3 Å². The number of hydrogen-bond donors (Lipinski definition) is 1. The average molecular weight is 285 g/mol. The van der Waals surface area contributed by atoms with Crippen LogP contribution in [-0.2, 0) is 13.0 Å². The van der Waals surface area contributed by atoms with E-state index < -0.39 is 0 Å². The van der Waals surface area contributed by atoms with Crippen molar-refractivity contribution in [3.8, 4) is 17.2 Å². The summed E-state index contributed by atoms with van der Waals surface area (Å²) in [5, 5.41) is 3.37. The molecule has 4 rings (SSSR count). The zero-order valence-electron chi connectivity index (χ0n) is 12.2. The Labute approximate surface area is 123 Å². The Bertz CT molecular complexity index is 678. The number of rotatable bonds is 1. The van der Waals surface area contributed by atoms with Crippen molar-refractivity contribution < 1.29 is 9.47 Å². The van der Waals surface area contributed by atoms with Crippen LogP contribution in [0.1, 0.15) is 23.6 Å². The van der Waals surface area contributed by atoms with E-state index in [1.807, 2.05) is 6.07 Å². The van der Waals surface area contributed by atoms with Crippen molar-refractivity contribution in [3.63, 3.8) is 0 Å². The van der Waals surface area contributed by atoms with Crippen molar-refractivity contribution in [1.29, 1.82) is 0 Å². The third-order valence-corrected chi connectivity index (χ3v) is 4.04. The molecule has 0 saturated carbocycles. The smallest absolute Gasteiger partial charge is 0.163 e. The predicted octanol–water partition coefficient (Wildman–Crippen LogP) is 1.99. The van der Waals surface area contributed by atoms with E-state index in [0.29, 0.717) is 6.61 Å². The van der Waals surface area contributed by atoms with Crippen LogP contribution in [0.15, 0.2) is 18.2 Å². The van der Waals surface area contributed by atoms with Gasteiger partial charge in [-0.15, -0.1) is 0 Å². The Morgan fingerprint density at radius 3 is 2.95 bits per heavy atom. The Kier molecular flexibility index (Phi) is 3.07. The lowest BCUT2D eigenvalue weighted by atomic mass is 10.1. The summed E-state index contributed by atoms with van der Waals surface area (Å²) >= 11 is 0. The highest BCUT2D eigenvalue weighted by Gasteiger charge is 2.20. The quantitative estimate of drug-likeness (QED) is 0.870. The molecule has 0 amide bonds. The Hall–Kier alpha value is -2.01. The molecule has 3 heterocycles. The number of nitrogens with one attached hydrogen (secondary N) is 1. The summed E-state index contributed by atoms with van der Waals surface area (Å²) in [6.45, 7) is 5.34. The summed E-state index contributed by atoms with van der Waals surface area (Å²) < 4.78 is 13.7. The minimum absolute atomic E-state index is 0.710. The summed E-state index contributed by atoms with van der Waals surface area (Å²) in [5.74, 6) is 2.70. The van der Waals surface area contributed by atoms with Crippen LogP contribution in [0.25, 0.3) is 5.69 Å². The molecule has 0 unspecified atom stereocenters. The minimum Gasteiger partial charge on any atom is -0.490 e. The van der Waals surface area contributed by atoms with E-state index in [0.717, 1.165) is 61.2 Å². The van der Waals surface area contributed by atoms with Crippen LogP contribution in [0.5, 0.6) is 11.5 Å². The molecule has 0 radical (unpaired) electrons. The lowest BCUT2D eigenvalue weighted by molar-refractivity contribution is 0.297. The van der Waals surface area contributed by atoms with Gasteiger partial charge in [0.15, 0.2) is 11.5 Å². The molecule has 2 aliphatic heterocycles. The van der Waals surface area contributed by atoms with Crippen LogP contribution in [0, 0.1) is 6.92 Å². The second-order valence-corrected chi connectivity index (χ2v) is 5.50. The molecule has 1 N–H and O–H groups in total. The van der Waals surface area contributed by atoms with Crippen LogP contribution in [-0.4, -0.2) is 29.3 Å². The highest BCUT2D eigenvalue weighted by atomic mass is 16.5. The number of imidazole rings is 1. The second-order valence-electron chi connectivity index (χ2n) is 5.50. The third-order valence-electron chi connectivity index (χ3n) is 4.04. The number of aryl methyl sites for hydroxylation is 1. The molecule has 0 aliphatic carbocycles. The van der Waals surface area contributed by atoms with Crippen molar-refractivity contribution in [2.75, 3.05) is 19.8 Å². The molecule has 0 spiro atoms. The van der Waals surface area contributed by atoms with E-state index in [1.54, 1.807) is 0 Å². The molecular weight excluding hydrogens is 266 g/mol. The van der Waals surface area contributed by atoms with E-state index in [9.17, 15) is 0 Å². The number of benzene rings is 1. The SMILES string of the molecule is Cc1nc2c(n1-c1ccc3c(c1)OCCCO3)CCNC2. The lowest BCUT2D eigenvalue weighted by Gasteiger charge is -2.17. The maximum Gasteiger partial charge on any atom is 0.163 e. The maximum absolute atomic E-state index is 5.80. The molecule has 0 fully saturated rings. The van der Waals surface area contributed by atoms with Gasteiger partial charge in [0.2, 0.25) is 0 Å². The summed E-state index contributed by atoms with van der Waals surface area (Å²) in [6.07, 6.45) is 1.93. The van der Waals surface area contributed by atoms with Crippen LogP contribution >= 0.6 is 0 Å². The van der Waals surface area contributed by atoms with Gasteiger partial charge in [0.05, 0.1) is 24.6 Å². The molecule has 110 valence electrons. The highest BCUT2D eigenvalue weighted by Crippen LogP contribution is 2.33. The number of aromatic nitrogens is 2. The molecule has 5 heteroatoms. The van der Waals surface area contributed by atoms with Crippen molar-refractivity contribution in [2.45, 2.75) is 26.3 Å². The van der Waals surface area contributed by atoms with Gasteiger partial charge in [-0.25, -0.2) is 4.98 Å². The first kappa shape index (κ1) is 12.7. The van der Waals surface area contributed by atoms with Crippen molar-refractivity contribution in [2.24, 2.45) is 0 Å². The molecule has 21 heavy (non-hydrogen) atoms. The number of fused-ring (bicyclic) bond motifs is 2. The second kappa shape index (κ2) is 5.07. The van der Waals surface area contributed by atoms with Gasteiger partial charge >= 0.3 is 0 Å². The third kappa shape index (κ3) is 2.17. The van der Waals surface area contributed by atoms with E-state index in [-0.39, 0.29) is 0 Å². The van der Waals surface area contributed by atoms with E-state index in [4.69, 9.17) is 9.47 Å². The molecule has 2 aliphatic rings. The van der Waals surface area contributed by atoms with E-state index in [2.05, 4.69) is 33.9 Å². The fraction of sp³-hybridized carbons (Fsp3) is 0.438. The van der Waals surface area contributed by atoms with E-state index >= 15 is 0 Å². The minimum atomic E-state index is 0.710. The molecule has 1 aromatic heterocycles. The van der Waals surface area contributed by atoms with Crippen LogP contribution < -0.4 is 14.8 Å². The van der Waals surface area contributed by atoms with Crippen LogP contribution in [0.2, 0.25) is 0 Å². The van der Waals surface area contributed by atoms with Gasteiger partial charge in [0.25, 0.3) is 0 Å². The number of ether oxygens (including phenoxy) is 2. The molecule has 0 bridgehead atoms. The zero-order valence-corrected chi connectivity index (χ0v) is 12.2. The summed E-state index contributed by atoms with van der Waals surface area (Å²) in [4.78, 5) is 4.69. The number of nitrogens with zero attached hydrogens (tertiary/aromatic N) is 2. The summed E-state index contributed by atoms with van der Waals surface area (Å²) in [6, 6.07) is 6.16.